The lowest BCUT2D eigenvalue weighted by Crippen LogP contribution is -2.44. The normalized spacial score (nSPS) is 16.0. The van der Waals surface area contributed by atoms with Gasteiger partial charge in [-0.3, -0.25) is 19.7 Å². The Kier molecular flexibility index (Phi) is 5.54. The van der Waals surface area contributed by atoms with E-state index in [9.17, 15) is 4.79 Å². The molecule has 0 unspecified atom stereocenters. The number of carbonyl (C=O) groups is 1. The minimum Gasteiger partial charge on any atom is -0.348 e. The molecule has 5 heteroatoms. The van der Waals surface area contributed by atoms with Crippen LogP contribution in [0.1, 0.15) is 41.5 Å². The topological polar surface area (TPSA) is 58.1 Å². The predicted octanol–water partition coefficient (Wildman–Crippen LogP) is 2.43. The van der Waals surface area contributed by atoms with Crippen LogP contribution in [0, 0.1) is 0 Å². The molecular weight excluding hydrogens is 300 g/mol. The Morgan fingerprint density at radius 1 is 1.21 bits per heavy atom. The summed E-state index contributed by atoms with van der Waals surface area (Å²) in [5, 5.41) is 3.13. The highest BCUT2D eigenvalue weighted by Crippen LogP contribution is 2.13. The van der Waals surface area contributed by atoms with E-state index >= 15 is 0 Å². The van der Waals surface area contributed by atoms with Gasteiger partial charge in [-0.1, -0.05) is 13.0 Å². The average molecular weight is 324 g/mol. The number of pyridine rings is 2. The standard InChI is InChI=1S/C19H24N4O/c1-2-15-6-10-21-18(13-15)19(24)22-16-7-11-23(12-8-16)14-17-5-3-4-9-20-17/h3-6,9-10,13,16H,2,7-8,11-12,14H2,1H3,(H,22,24). The molecule has 0 saturated carbocycles. The fourth-order valence-electron chi connectivity index (χ4n) is 3.03. The minimum atomic E-state index is -0.0616. The third kappa shape index (κ3) is 4.38. The number of nitrogens with one attached hydrogen (secondary N) is 1. The molecule has 0 radical (unpaired) electrons. The maximum Gasteiger partial charge on any atom is 0.270 e. The molecule has 126 valence electrons. The first-order valence-corrected chi connectivity index (χ1v) is 8.62. The molecule has 3 rings (SSSR count). The second-order valence-electron chi connectivity index (χ2n) is 6.25. The molecule has 1 saturated heterocycles. The van der Waals surface area contributed by atoms with E-state index in [4.69, 9.17) is 0 Å². The van der Waals surface area contributed by atoms with Crippen molar-refractivity contribution in [1.29, 1.82) is 0 Å². The molecule has 0 aliphatic carbocycles. The molecule has 1 fully saturated rings. The van der Waals surface area contributed by atoms with E-state index < -0.39 is 0 Å². The zero-order valence-electron chi connectivity index (χ0n) is 14.1. The Labute approximate surface area is 143 Å². The Hall–Kier alpha value is -2.27. The molecule has 0 aromatic carbocycles. The van der Waals surface area contributed by atoms with E-state index in [1.807, 2.05) is 30.5 Å². The first-order valence-electron chi connectivity index (χ1n) is 8.62. The fourth-order valence-corrected chi connectivity index (χ4v) is 3.03. The number of aromatic nitrogens is 2. The summed E-state index contributed by atoms with van der Waals surface area (Å²) >= 11 is 0. The van der Waals surface area contributed by atoms with E-state index in [0.717, 1.165) is 50.2 Å². The zero-order chi connectivity index (χ0) is 16.8. The quantitative estimate of drug-likeness (QED) is 0.918. The van der Waals surface area contributed by atoms with Crippen molar-refractivity contribution in [3.63, 3.8) is 0 Å². The second kappa shape index (κ2) is 8.02. The zero-order valence-corrected chi connectivity index (χ0v) is 14.1. The van der Waals surface area contributed by atoms with E-state index in [-0.39, 0.29) is 11.9 Å². The van der Waals surface area contributed by atoms with Gasteiger partial charge in [0, 0.05) is 38.1 Å². The molecule has 0 bridgehead atoms. The first kappa shape index (κ1) is 16.6. The van der Waals surface area contributed by atoms with Gasteiger partial charge < -0.3 is 5.32 Å². The van der Waals surface area contributed by atoms with E-state index in [2.05, 4.69) is 33.2 Å². The Morgan fingerprint density at radius 2 is 2.04 bits per heavy atom. The molecule has 1 aliphatic heterocycles. The van der Waals surface area contributed by atoms with Crippen molar-refractivity contribution in [2.45, 2.75) is 38.8 Å². The van der Waals surface area contributed by atoms with Crippen molar-refractivity contribution in [1.82, 2.24) is 20.2 Å². The molecule has 2 aromatic rings. The van der Waals surface area contributed by atoms with E-state index in [1.54, 1.807) is 6.20 Å². The maximum atomic E-state index is 12.4. The molecular formula is C19H24N4O. The van der Waals surface area contributed by atoms with Crippen LogP contribution < -0.4 is 5.32 Å². The summed E-state index contributed by atoms with van der Waals surface area (Å²) in [6, 6.07) is 10.1. The van der Waals surface area contributed by atoms with Gasteiger partial charge in [0.05, 0.1) is 5.69 Å². The SMILES string of the molecule is CCc1ccnc(C(=O)NC2CCN(Cc3ccccn3)CC2)c1. The average Bonchev–Trinajstić information content (AvgIpc) is 2.64. The number of amides is 1. The fraction of sp³-hybridized carbons (Fsp3) is 0.421. The van der Waals surface area contributed by atoms with Crippen molar-refractivity contribution >= 4 is 5.91 Å². The third-order valence-electron chi connectivity index (χ3n) is 4.50. The van der Waals surface area contributed by atoms with Crippen LogP contribution in [-0.4, -0.2) is 39.9 Å². The summed E-state index contributed by atoms with van der Waals surface area (Å²) in [6.45, 7) is 4.91. The molecule has 24 heavy (non-hydrogen) atoms. The third-order valence-corrected chi connectivity index (χ3v) is 4.50. The summed E-state index contributed by atoms with van der Waals surface area (Å²) in [5.41, 5.74) is 2.76. The van der Waals surface area contributed by atoms with Gasteiger partial charge in [-0.2, -0.15) is 0 Å². The van der Waals surface area contributed by atoms with Crippen molar-refractivity contribution < 1.29 is 4.79 Å². The lowest BCUT2D eigenvalue weighted by molar-refractivity contribution is 0.0903. The van der Waals surface area contributed by atoms with Gasteiger partial charge in [0.1, 0.15) is 5.69 Å². The van der Waals surface area contributed by atoms with Crippen LogP contribution in [0.5, 0.6) is 0 Å². The summed E-state index contributed by atoms with van der Waals surface area (Å²) in [7, 11) is 0. The number of nitrogens with zero attached hydrogens (tertiary/aromatic N) is 3. The molecule has 3 heterocycles. The Morgan fingerprint density at radius 3 is 2.75 bits per heavy atom. The van der Waals surface area contributed by atoms with E-state index in [1.165, 1.54) is 0 Å². The van der Waals surface area contributed by atoms with Crippen molar-refractivity contribution in [2.24, 2.45) is 0 Å². The van der Waals surface area contributed by atoms with Crippen LogP contribution in [0.3, 0.4) is 0 Å². The molecule has 0 atom stereocenters. The van der Waals surface area contributed by atoms with Crippen LogP contribution in [0.2, 0.25) is 0 Å². The maximum absolute atomic E-state index is 12.4. The lowest BCUT2D eigenvalue weighted by atomic mass is 10.0. The van der Waals surface area contributed by atoms with Crippen LogP contribution in [0.15, 0.2) is 42.7 Å². The highest BCUT2D eigenvalue weighted by atomic mass is 16.1. The van der Waals surface area contributed by atoms with Crippen LogP contribution >= 0.6 is 0 Å². The smallest absolute Gasteiger partial charge is 0.270 e. The largest absolute Gasteiger partial charge is 0.348 e. The Bertz CT molecular complexity index is 666. The minimum absolute atomic E-state index is 0.0616. The first-order chi connectivity index (χ1) is 11.7. The summed E-state index contributed by atoms with van der Waals surface area (Å²) in [5.74, 6) is -0.0616. The number of carbonyl (C=O) groups excluding carboxylic acids is 1. The highest BCUT2D eigenvalue weighted by Gasteiger charge is 2.21. The van der Waals surface area contributed by atoms with Gasteiger partial charge in [-0.15, -0.1) is 0 Å². The van der Waals surface area contributed by atoms with Gasteiger partial charge in [-0.25, -0.2) is 0 Å². The van der Waals surface area contributed by atoms with Gasteiger partial charge in [0.2, 0.25) is 0 Å². The van der Waals surface area contributed by atoms with Crippen molar-refractivity contribution in [3.8, 4) is 0 Å². The second-order valence-corrected chi connectivity index (χ2v) is 6.25. The van der Waals surface area contributed by atoms with Crippen molar-refractivity contribution in [3.05, 3.63) is 59.7 Å². The number of hydrogen-bond donors (Lipinski definition) is 1. The summed E-state index contributed by atoms with van der Waals surface area (Å²) in [6.07, 6.45) is 6.38. The molecule has 2 aromatic heterocycles. The lowest BCUT2D eigenvalue weighted by Gasteiger charge is -2.32. The Balaban J connectivity index is 1.49. The van der Waals surface area contributed by atoms with E-state index in [0.29, 0.717) is 5.69 Å². The van der Waals surface area contributed by atoms with Crippen molar-refractivity contribution in [2.75, 3.05) is 13.1 Å². The van der Waals surface area contributed by atoms with Gasteiger partial charge in [0.15, 0.2) is 0 Å². The summed E-state index contributed by atoms with van der Waals surface area (Å²) < 4.78 is 0. The van der Waals surface area contributed by atoms with Gasteiger partial charge in [-0.05, 0) is 49.1 Å². The number of hydrogen-bond acceptors (Lipinski definition) is 4. The predicted molar refractivity (Wildman–Crippen MR) is 93.6 cm³/mol. The number of likely N-dealkylation sites (tertiary alicyclic amines) is 1. The number of aryl methyl sites for hydroxylation is 1. The van der Waals surface area contributed by atoms with Gasteiger partial charge >= 0.3 is 0 Å². The van der Waals surface area contributed by atoms with Crippen LogP contribution in [0.25, 0.3) is 0 Å². The molecule has 5 nitrogen and oxygen atoms in total. The summed E-state index contributed by atoms with van der Waals surface area (Å²) in [4.78, 5) is 23.3. The van der Waals surface area contributed by atoms with Crippen LogP contribution in [0.4, 0.5) is 0 Å². The molecule has 1 amide bonds. The highest BCUT2D eigenvalue weighted by molar-refractivity contribution is 5.92. The molecule has 0 spiro atoms. The van der Waals surface area contributed by atoms with Gasteiger partial charge in [0.25, 0.3) is 5.91 Å². The number of piperidine rings is 1. The monoisotopic (exact) mass is 324 g/mol. The van der Waals surface area contributed by atoms with Crippen LogP contribution in [-0.2, 0) is 13.0 Å². The molecule has 1 aliphatic rings. The number of rotatable bonds is 5. The molecule has 1 N–H and O–H groups in total.